The van der Waals surface area contributed by atoms with Gasteiger partial charge >= 0.3 is 0 Å². The Bertz CT molecular complexity index is 2620. The van der Waals surface area contributed by atoms with Gasteiger partial charge in [0, 0.05) is 12.1 Å². The maximum Gasteiger partial charge on any atom is 0.114 e. The predicted octanol–water partition coefficient (Wildman–Crippen LogP) is 12.0. The van der Waals surface area contributed by atoms with E-state index >= 15 is 0 Å². The molecule has 0 spiro atoms. The molecule has 47 heavy (non-hydrogen) atoms. The molecule has 0 N–H and O–H groups in total. The monoisotopic (exact) mass is 598 g/mol. The molecule has 0 bridgehead atoms. The Kier molecular flexibility index (Phi) is 5.59. The van der Waals surface area contributed by atoms with Crippen LogP contribution in [0.25, 0.3) is 93.5 Å². The van der Waals surface area contributed by atoms with Crippen molar-refractivity contribution in [2.24, 2.45) is 0 Å². The van der Waals surface area contributed by atoms with Crippen LogP contribution < -0.4 is 0 Å². The third-order valence-corrected chi connectivity index (χ3v) is 10.1. The van der Waals surface area contributed by atoms with Crippen molar-refractivity contribution >= 4 is 43.4 Å². The molecule has 1 aromatic heterocycles. The molecule has 1 heterocycles. The molecule has 9 aromatic rings. The zero-order valence-electron chi connectivity index (χ0n) is 26.0. The van der Waals surface area contributed by atoms with Gasteiger partial charge in [-0.05, 0) is 101 Å². The summed E-state index contributed by atoms with van der Waals surface area (Å²) in [6.45, 7) is 2.17. The molecule has 2 nitrogen and oxygen atoms in total. The molecule has 220 valence electrons. The van der Waals surface area contributed by atoms with Gasteiger partial charge in [-0.15, -0.1) is 0 Å². The highest BCUT2D eigenvalue weighted by molar-refractivity contribution is 6.26. The topological polar surface area (TPSA) is 17.8 Å². The standard InChI is InChI=1S/C45H30N2/c1-2-42-46-40-20-9-10-21-41(40)47(42)29-24-22-28(23-25-29)43-33-14-5-7-16-35(33)45(36-17-8-6-15-34(36)43)39-27-26-38-31-13-4-3-12-30(31)32-18-11-19-37(39)44(32)38/h3-27H,2H2,1H3. The first-order valence-corrected chi connectivity index (χ1v) is 16.5. The molecule has 1 aliphatic carbocycles. The molecule has 0 atom stereocenters. The lowest BCUT2D eigenvalue weighted by Crippen LogP contribution is -2.00. The van der Waals surface area contributed by atoms with Crippen molar-refractivity contribution in [1.29, 1.82) is 0 Å². The third kappa shape index (κ3) is 3.70. The maximum absolute atomic E-state index is 4.92. The van der Waals surface area contributed by atoms with Crippen LogP contribution in [0.15, 0.2) is 152 Å². The highest BCUT2D eigenvalue weighted by atomic mass is 15.1. The average Bonchev–Trinajstić information content (AvgIpc) is 3.68. The van der Waals surface area contributed by atoms with Gasteiger partial charge in [-0.1, -0.05) is 134 Å². The lowest BCUT2D eigenvalue weighted by Gasteiger charge is -2.19. The Hall–Kier alpha value is -5.99. The van der Waals surface area contributed by atoms with Crippen molar-refractivity contribution in [2.45, 2.75) is 13.3 Å². The second kappa shape index (κ2) is 10.0. The zero-order chi connectivity index (χ0) is 31.1. The summed E-state index contributed by atoms with van der Waals surface area (Å²) in [6.07, 6.45) is 0.871. The van der Waals surface area contributed by atoms with Crippen LogP contribution in [-0.4, -0.2) is 9.55 Å². The van der Waals surface area contributed by atoms with E-state index in [0.717, 1.165) is 29.0 Å². The molecule has 1 aliphatic rings. The van der Waals surface area contributed by atoms with E-state index in [9.17, 15) is 0 Å². The quantitative estimate of drug-likeness (QED) is 0.184. The van der Waals surface area contributed by atoms with Crippen LogP contribution in [0, 0.1) is 0 Å². The molecule has 8 aromatic carbocycles. The van der Waals surface area contributed by atoms with Crippen molar-refractivity contribution in [3.63, 3.8) is 0 Å². The SMILES string of the molecule is CCc1nc2ccccc2n1-c1ccc(-c2c3ccccc3c(-c3ccc4c5c(cccc35)-c3ccccc3-4)c3ccccc23)cc1. The van der Waals surface area contributed by atoms with Crippen molar-refractivity contribution in [3.05, 3.63) is 157 Å². The summed E-state index contributed by atoms with van der Waals surface area (Å²) < 4.78 is 2.30. The first-order chi connectivity index (χ1) is 23.3. The lowest BCUT2D eigenvalue weighted by atomic mass is 9.84. The number of imidazole rings is 1. The van der Waals surface area contributed by atoms with Crippen molar-refractivity contribution < 1.29 is 0 Å². The van der Waals surface area contributed by atoms with Crippen molar-refractivity contribution in [3.8, 4) is 50.2 Å². The number of aromatic nitrogens is 2. The molecule has 0 saturated heterocycles. The molecule has 0 aliphatic heterocycles. The van der Waals surface area contributed by atoms with Gasteiger partial charge in [-0.3, -0.25) is 4.57 Å². The fourth-order valence-corrected chi connectivity index (χ4v) is 8.13. The second-order valence-corrected chi connectivity index (χ2v) is 12.5. The Balaban J connectivity index is 1.22. The summed E-state index contributed by atoms with van der Waals surface area (Å²) >= 11 is 0. The van der Waals surface area contributed by atoms with Gasteiger partial charge in [0.25, 0.3) is 0 Å². The van der Waals surface area contributed by atoms with E-state index < -0.39 is 0 Å². The summed E-state index contributed by atoms with van der Waals surface area (Å²) in [7, 11) is 0. The fraction of sp³-hybridized carbons (Fsp3) is 0.0444. The number of hydrogen-bond donors (Lipinski definition) is 0. The van der Waals surface area contributed by atoms with E-state index in [2.05, 4.69) is 163 Å². The van der Waals surface area contributed by atoms with E-state index in [1.54, 1.807) is 0 Å². The van der Waals surface area contributed by atoms with E-state index in [-0.39, 0.29) is 0 Å². The molecule has 2 heteroatoms. The molecular weight excluding hydrogens is 569 g/mol. The van der Waals surface area contributed by atoms with Gasteiger partial charge in [0.15, 0.2) is 0 Å². The zero-order valence-corrected chi connectivity index (χ0v) is 26.0. The normalized spacial score (nSPS) is 12.0. The van der Waals surface area contributed by atoms with Crippen LogP contribution in [0.2, 0.25) is 0 Å². The Morgan fingerprint density at radius 3 is 1.66 bits per heavy atom. The summed E-state index contributed by atoms with van der Waals surface area (Å²) in [6, 6.07) is 55.7. The van der Waals surface area contributed by atoms with Crippen LogP contribution >= 0.6 is 0 Å². The number of nitrogens with zero attached hydrogens (tertiary/aromatic N) is 2. The van der Waals surface area contributed by atoms with Gasteiger partial charge < -0.3 is 0 Å². The Labute approximate surface area is 273 Å². The van der Waals surface area contributed by atoms with Crippen LogP contribution in [0.1, 0.15) is 12.7 Å². The molecule has 10 rings (SSSR count). The smallest absolute Gasteiger partial charge is 0.114 e. The number of rotatable bonds is 4. The minimum absolute atomic E-state index is 0.871. The first-order valence-electron chi connectivity index (χ1n) is 16.5. The minimum atomic E-state index is 0.871. The number of benzene rings is 8. The van der Waals surface area contributed by atoms with Crippen molar-refractivity contribution in [2.75, 3.05) is 0 Å². The largest absolute Gasteiger partial charge is 0.296 e. The lowest BCUT2D eigenvalue weighted by molar-refractivity contribution is 0.908. The summed E-state index contributed by atoms with van der Waals surface area (Å²) in [5, 5.41) is 7.75. The maximum atomic E-state index is 4.92. The summed E-state index contributed by atoms with van der Waals surface area (Å²) in [5.41, 5.74) is 13.7. The molecule has 0 amide bonds. The van der Waals surface area contributed by atoms with Gasteiger partial charge in [-0.25, -0.2) is 4.98 Å². The number of para-hydroxylation sites is 2. The molecular formula is C45H30N2. The van der Waals surface area contributed by atoms with E-state index in [0.29, 0.717) is 0 Å². The van der Waals surface area contributed by atoms with Crippen LogP contribution in [0.5, 0.6) is 0 Å². The first kappa shape index (κ1) is 26.2. The van der Waals surface area contributed by atoms with E-state index in [1.807, 2.05) is 0 Å². The Morgan fingerprint density at radius 2 is 0.979 bits per heavy atom. The van der Waals surface area contributed by atoms with Crippen LogP contribution in [-0.2, 0) is 6.42 Å². The molecule has 0 fully saturated rings. The number of fused-ring (bicyclic) bond motifs is 6. The van der Waals surface area contributed by atoms with Crippen LogP contribution in [0.4, 0.5) is 0 Å². The minimum Gasteiger partial charge on any atom is -0.296 e. The van der Waals surface area contributed by atoms with Gasteiger partial charge in [0.2, 0.25) is 0 Å². The Morgan fingerprint density at radius 1 is 0.447 bits per heavy atom. The molecule has 0 unspecified atom stereocenters. The van der Waals surface area contributed by atoms with Gasteiger partial charge in [-0.2, -0.15) is 0 Å². The summed E-state index contributed by atoms with van der Waals surface area (Å²) in [5.74, 6) is 1.08. The fourth-order valence-electron chi connectivity index (χ4n) is 8.13. The van der Waals surface area contributed by atoms with Crippen LogP contribution in [0.3, 0.4) is 0 Å². The van der Waals surface area contributed by atoms with E-state index in [1.165, 1.54) is 76.8 Å². The van der Waals surface area contributed by atoms with Crippen molar-refractivity contribution in [1.82, 2.24) is 9.55 Å². The molecule has 0 saturated carbocycles. The molecule has 0 radical (unpaired) electrons. The van der Waals surface area contributed by atoms with Gasteiger partial charge in [0.1, 0.15) is 5.82 Å². The predicted molar refractivity (Wildman–Crippen MR) is 198 cm³/mol. The van der Waals surface area contributed by atoms with Gasteiger partial charge in [0.05, 0.1) is 11.0 Å². The highest BCUT2D eigenvalue weighted by Gasteiger charge is 2.24. The second-order valence-electron chi connectivity index (χ2n) is 12.5. The third-order valence-electron chi connectivity index (χ3n) is 10.1. The summed E-state index contributed by atoms with van der Waals surface area (Å²) in [4.78, 5) is 4.92. The number of hydrogen-bond acceptors (Lipinski definition) is 1. The highest BCUT2D eigenvalue weighted by Crippen LogP contribution is 2.51. The van der Waals surface area contributed by atoms with E-state index in [4.69, 9.17) is 4.98 Å². The number of aryl methyl sites for hydroxylation is 1. The average molecular weight is 599 g/mol.